The zero-order valence-corrected chi connectivity index (χ0v) is 13.8. The third-order valence-electron chi connectivity index (χ3n) is 4.94. The lowest BCUT2D eigenvalue weighted by atomic mass is 9.76. The summed E-state index contributed by atoms with van der Waals surface area (Å²) in [7, 11) is 0. The number of hydrogen-bond donors (Lipinski definition) is 5. The first-order chi connectivity index (χ1) is 12.3. The van der Waals surface area contributed by atoms with E-state index >= 15 is 0 Å². The summed E-state index contributed by atoms with van der Waals surface area (Å²) in [5, 5.41) is 49.9. The minimum absolute atomic E-state index is 0.00375. The number of cyclic esters (lactones) is 1. The molecule has 26 heavy (non-hydrogen) atoms. The Morgan fingerprint density at radius 1 is 1.27 bits per heavy atom. The van der Waals surface area contributed by atoms with E-state index in [0.717, 1.165) is 6.26 Å². The molecule has 2 fully saturated rings. The van der Waals surface area contributed by atoms with Crippen LogP contribution in [0.4, 0.5) is 0 Å². The van der Waals surface area contributed by atoms with Crippen molar-refractivity contribution in [3.8, 4) is 0 Å². The summed E-state index contributed by atoms with van der Waals surface area (Å²) in [4.78, 5) is 11.8. The normalized spacial score (nSPS) is 45.8. The number of carbonyl (C=O) groups is 1. The van der Waals surface area contributed by atoms with E-state index in [9.17, 15) is 30.3 Å². The molecule has 0 amide bonds. The Morgan fingerprint density at radius 3 is 2.65 bits per heavy atom. The van der Waals surface area contributed by atoms with Gasteiger partial charge in [0.25, 0.3) is 0 Å². The molecular formula is C16H22O10. The van der Waals surface area contributed by atoms with Crippen LogP contribution in [0.3, 0.4) is 0 Å². The Hall–Kier alpha value is -1.53. The molecule has 3 aliphatic heterocycles. The largest absolute Gasteiger partial charge is 0.471 e. The lowest BCUT2D eigenvalue weighted by Crippen LogP contribution is -2.61. The Bertz CT molecular complexity index is 590. The average molecular weight is 374 g/mol. The number of hydrogen-bond acceptors (Lipinski definition) is 10. The highest BCUT2D eigenvalue weighted by molar-refractivity contribution is 5.91. The summed E-state index contributed by atoms with van der Waals surface area (Å²) < 4.78 is 21.1. The molecule has 0 aromatic carbocycles. The Balaban J connectivity index is 1.81. The van der Waals surface area contributed by atoms with Gasteiger partial charge in [-0.25, -0.2) is 4.79 Å². The molecule has 0 spiro atoms. The van der Waals surface area contributed by atoms with Gasteiger partial charge in [-0.15, -0.1) is 6.58 Å². The molecule has 0 aromatic rings. The first-order valence-electron chi connectivity index (χ1n) is 8.17. The van der Waals surface area contributed by atoms with Crippen LogP contribution in [-0.2, 0) is 23.7 Å². The second-order valence-corrected chi connectivity index (χ2v) is 6.44. The first kappa shape index (κ1) is 19.2. The van der Waals surface area contributed by atoms with Crippen molar-refractivity contribution in [2.45, 2.75) is 49.0 Å². The summed E-state index contributed by atoms with van der Waals surface area (Å²) in [5.74, 6) is -1.61. The zero-order chi connectivity index (χ0) is 19.1. The predicted molar refractivity (Wildman–Crippen MR) is 82.0 cm³/mol. The molecule has 146 valence electrons. The van der Waals surface area contributed by atoms with Gasteiger partial charge in [0.15, 0.2) is 6.29 Å². The van der Waals surface area contributed by atoms with Crippen LogP contribution in [0.25, 0.3) is 0 Å². The molecule has 10 heteroatoms. The molecule has 0 bridgehead atoms. The standard InChI is InChI=1S/C16H22O10/c1-2-7-14(24-6-8-13(21)23-4-3-16(7,8)22)26-15-12(20)11(19)10(18)9(5-17)25-15/h2,6-7,9-12,14-15,17-20,22H,1,3-5H2/t7-,9-,10+,11+,12+,14-,15+,16-/m0/s1. The SMILES string of the molecule is C=C[C@H]1[C@H](O[C@H]2O[C@@H](CO)[C@@H](O)[C@@H](O)[C@H]2O)OC=C2C(=O)OCC[C@@]21O. The van der Waals surface area contributed by atoms with E-state index in [4.69, 9.17) is 18.9 Å². The fourth-order valence-corrected chi connectivity index (χ4v) is 3.36. The number of fused-ring (bicyclic) bond motifs is 1. The van der Waals surface area contributed by atoms with Crippen LogP contribution in [0, 0.1) is 5.92 Å². The third kappa shape index (κ3) is 3.03. The maximum absolute atomic E-state index is 11.8. The summed E-state index contributed by atoms with van der Waals surface area (Å²) in [6.45, 7) is 3.03. The van der Waals surface area contributed by atoms with Crippen LogP contribution in [-0.4, -0.2) is 87.3 Å². The van der Waals surface area contributed by atoms with Crippen LogP contribution < -0.4 is 0 Å². The van der Waals surface area contributed by atoms with E-state index < -0.39 is 61.1 Å². The van der Waals surface area contributed by atoms with Crippen LogP contribution in [0.15, 0.2) is 24.5 Å². The molecule has 3 rings (SSSR count). The molecule has 10 nitrogen and oxygen atoms in total. The van der Waals surface area contributed by atoms with E-state index in [1.807, 2.05) is 0 Å². The Labute approximate surface area is 148 Å². The predicted octanol–water partition coefficient (Wildman–Crippen LogP) is -2.48. The van der Waals surface area contributed by atoms with E-state index in [1.54, 1.807) is 0 Å². The summed E-state index contributed by atoms with van der Waals surface area (Å²) in [6.07, 6.45) is -6.10. The highest BCUT2D eigenvalue weighted by Crippen LogP contribution is 2.42. The van der Waals surface area contributed by atoms with Crippen LogP contribution in [0.1, 0.15) is 6.42 Å². The molecule has 2 saturated heterocycles. The van der Waals surface area contributed by atoms with Gasteiger partial charge >= 0.3 is 5.97 Å². The summed E-state index contributed by atoms with van der Waals surface area (Å²) in [6, 6.07) is 0. The second kappa shape index (κ2) is 7.24. The van der Waals surface area contributed by atoms with Gasteiger partial charge in [0.2, 0.25) is 6.29 Å². The zero-order valence-electron chi connectivity index (χ0n) is 13.8. The Kier molecular flexibility index (Phi) is 5.35. The topological polar surface area (TPSA) is 155 Å². The number of aliphatic hydroxyl groups excluding tert-OH is 4. The lowest BCUT2D eigenvalue weighted by Gasteiger charge is -2.46. The van der Waals surface area contributed by atoms with Crippen molar-refractivity contribution in [3.63, 3.8) is 0 Å². The Morgan fingerprint density at radius 2 is 2.00 bits per heavy atom. The molecule has 0 radical (unpaired) electrons. The monoisotopic (exact) mass is 374 g/mol. The van der Waals surface area contributed by atoms with Crippen LogP contribution >= 0.6 is 0 Å². The molecule has 3 aliphatic rings. The smallest absolute Gasteiger partial charge is 0.340 e. The van der Waals surface area contributed by atoms with E-state index in [-0.39, 0.29) is 18.6 Å². The fourth-order valence-electron chi connectivity index (χ4n) is 3.36. The van der Waals surface area contributed by atoms with Crippen molar-refractivity contribution in [2.75, 3.05) is 13.2 Å². The van der Waals surface area contributed by atoms with Crippen molar-refractivity contribution in [3.05, 3.63) is 24.5 Å². The van der Waals surface area contributed by atoms with E-state index in [0.29, 0.717) is 0 Å². The maximum atomic E-state index is 11.8. The van der Waals surface area contributed by atoms with Gasteiger partial charge in [0.05, 0.1) is 25.4 Å². The third-order valence-corrected chi connectivity index (χ3v) is 4.94. The minimum Gasteiger partial charge on any atom is -0.471 e. The summed E-state index contributed by atoms with van der Waals surface area (Å²) >= 11 is 0. The second-order valence-electron chi connectivity index (χ2n) is 6.44. The number of ether oxygens (including phenoxy) is 4. The lowest BCUT2D eigenvalue weighted by molar-refractivity contribution is -0.344. The van der Waals surface area contributed by atoms with Crippen molar-refractivity contribution in [2.24, 2.45) is 5.92 Å². The molecule has 0 saturated carbocycles. The van der Waals surface area contributed by atoms with E-state index in [2.05, 4.69) is 6.58 Å². The maximum Gasteiger partial charge on any atom is 0.340 e. The first-order valence-corrected chi connectivity index (χ1v) is 8.17. The van der Waals surface area contributed by atoms with Gasteiger partial charge in [-0.2, -0.15) is 0 Å². The van der Waals surface area contributed by atoms with Crippen molar-refractivity contribution in [1.29, 1.82) is 0 Å². The van der Waals surface area contributed by atoms with Gasteiger partial charge < -0.3 is 44.5 Å². The van der Waals surface area contributed by atoms with E-state index in [1.165, 1.54) is 6.08 Å². The average Bonchev–Trinajstić information content (AvgIpc) is 2.61. The molecule has 5 N–H and O–H groups in total. The number of carbonyl (C=O) groups excluding carboxylic acids is 1. The number of aliphatic hydroxyl groups is 5. The molecule has 3 heterocycles. The fraction of sp³-hybridized carbons (Fsp3) is 0.688. The van der Waals surface area contributed by atoms with Gasteiger partial charge in [0.1, 0.15) is 35.6 Å². The number of esters is 1. The van der Waals surface area contributed by atoms with Crippen molar-refractivity contribution < 1.29 is 49.3 Å². The highest BCUT2D eigenvalue weighted by atomic mass is 16.8. The van der Waals surface area contributed by atoms with Gasteiger partial charge in [-0.05, 0) is 0 Å². The molecule has 0 aliphatic carbocycles. The van der Waals surface area contributed by atoms with Crippen LogP contribution in [0.5, 0.6) is 0 Å². The minimum atomic E-state index is -1.63. The van der Waals surface area contributed by atoms with Gasteiger partial charge in [-0.3, -0.25) is 0 Å². The van der Waals surface area contributed by atoms with Crippen molar-refractivity contribution in [1.82, 2.24) is 0 Å². The molecule has 0 unspecified atom stereocenters. The van der Waals surface area contributed by atoms with Gasteiger partial charge in [-0.1, -0.05) is 6.08 Å². The quantitative estimate of drug-likeness (QED) is 0.264. The van der Waals surface area contributed by atoms with Gasteiger partial charge in [0, 0.05) is 6.42 Å². The van der Waals surface area contributed by atoms with Crippen molar-refractivity contribution >= 4 is 5.97 Å². The molecule has 0 aromatic heterocycles. The molecule has 8 atom stereocenters. The highest BCUT2D eigenvalue weighted by Gasteiger charge is 2.54. The number of rotatable bonds is 4. The molecular weight excluding hydrogens is 352 g/mol. The van der Waals surface area contributed by atoms with Crippen LogP contribution in [0.2, 0.25) is 0 Å². The summed E-state index contributed by atoms with van der Waals surface area (Å²) in [5.41, 5.74) is -1.70.